The minimum Gasteiger partial charge on any atom is -0.432 e. The van der Waals surface area contributed by atoms with Gasteiger partial charge >= 0.3 is 25.8 Å². The molecular weight excluding hydrogens is 542 g/mol. The molecule has 0 unspecified atom stereocenters. The molecule has 0 spiro atoms. The van der Waals surface area contributed by atoms with Crippen molar-refractivity contribution in [2.75, 3.05) is 26.9 Å². The van der Waals surface area contributed by atoms with Crippen LogP contribution in [-0.2, 0) is 41.8 Å². The lowest BCUT2D eigenvalue weighted by atomic mass is 10.00. The predicted octanol–water partition coefficient (Wildman–Crippen LogP) is 1.72. The highest BCUT2D eigenvalue weighted by Crippen LogP contribution is 2.51. The van der Waals surface area contributed by atoms with Crippen molar-refractivity contribution in [2.45, 2.75) is 64.3 Å². The van der Waals surface area contributed by atoms with Gasteiger partial charge in [-0.15, -0.1) is 0 Å². The minimum atomic E-state index is -4.78. The summed E-state index contributed by atoms with van der Waals surface area (Å²) in [5.41, 5.74) is -3.71. The van der Waals surface area contributed by atoms with Gasteiger partial charge in [0.1, 0.15) is 18.5 Å². The Bertz CT molecular complexity index is 1080. The van der Waals surface area contributed by atoms with Crippen molar-refractivity contribution in [3.8, 4) is 0 Å². The highest BCUT2D eigenvalue weighted by molar-refractivity contribution is 7.48. The summed E-state index contributed by atoms with van der Waals surface area (Å²) in [6.45, 7) is 1.83. The molecule has 1 aromatic heterocycles. The zero-order chi connectivity index (χ0) is 28.5. The van der Waals surface area contributed by atoms with Gasteiger partial charge in [-0.05, 0) is 27.7 Å². The number of alkyl halides is 1. The second-order valence-corrected chi connectivity index (χ2v) is 10.0. The summed E-state index contributed by atoms with van der Waals surface area (Å²) in [7, 11) is -4.78. The van der Waals surface area contributed by atoms with Crippen molar-refractivity contribution in [1.29, 1.82) is 0 Å². The third kappa shape index (κ3) is 9.18. The van der Waals surface area contributed by atoms with Gasteiger partial charge < -0.3 is 28.8 Å². The topological polar surface area (TPSA) is 200 Å². The van der Waals surface area contributed by atoms with E-state index in [2.05, 4.69) is 9.47 Å². The molecule has 16 nitrogen and oxygen atoms in total. The number of halogens is 1. The number of aliphatic hydroxyl groups is 1. The maximum Gasteiger partial charge on any atom is 0.510 e. The average molecular weight is 572 g/mol. The third-order valence-corrected chi connectivity index (χ3v) is 5.99. The van der Waals surface area contributed by atoms with Crippen molar-refractivity contribution in [2.24, 2.45) is 0 Å². The summed E-state index contributed by atoms with van der Waals surface area (Å²) in [6, 6.07) is 1.02. The number of phosphoric ester groups is 1. The maximum atomic E-state index is 14.1. The summed E-state index contributed by atoms with van der Waals surface area (Å²) < 4.78 is 67.2. The van der Waals surface area contributed by atoms with Gasteiger partial charge in [0.25, 0.3) is 5.56 Å². The fraction of sp³-hybridized carbons (Fsp3) is 0.700. The quantitative estimate of drug-likeness (QED) is 0.197. The summed E-state index contributed by atoms with van der Waals surface area (Å²) in [6.07, 6.45) is -5.44. The fourth-order valence-corrected chi connectivity index (χ4v) is 3.91. The molecule has 0 aliphatic carbocycles. The Labute approximate surface area is 215 Å². The van der Waals surface area contributed by atoms with E-state index < -0.39 is 88.4 Å². The average Bonchev–Trinajstić information content (AvgIpc) is 3.13. The largest absolute Gasteiger partial charge is 0.510 e. The van der Waals surface area contributed by atoms with Gasteiger partial charge in [-0.1, -0.05) is 0 Å². The number of carbonyl (C=O) groups is 2. The molecule has 0 radical (unpaired) electrons. The van der Waals surface area contributed by atoms with E-state index in [1.54, 1.807) is 27.7 Å². The van der Waals surface area contributed by atoms with Crippen molar-refractivity contribution >= 4 is 20.1 Å². The third-order valence-electron chi connectivity index (χ3n) is 4.70. The van der Waals surface area contributed by atoms with E-state index in [0.29, 0.717) is 0 Å². The highest BCUT2D eigenvalue weighted by atomic mass is 31.2. The zero-order valence-corrected chi connectivity index (χ0v) is 21.9. The number of phosphoric acid groups is 1. The smallest absolute Gasteiger partial charge is 0.432 e. The molecule has 1 aliphatic heterocycles. The van der Waals surface area contributed by atoms with Crippen molar-refractivity contribution < 1.29 is 60.9 Å². The normalized spacial score (nSPS) is 21.5. The Balaban J connectivity index is 2.11. The number of aliphatic hydroxyl groups excluding tert-OH is 1. The van der Waals surface area contributed by atoms with Gasteiger partial charge in [0.2, 0.25) is 13.6 Å². The molecule has 0 saturated carbocycles. The van der Waals surface area contributed by atoms with Crippen LogP contribution >= 0.6 is 7.82 Å². The Morgan fingerprint density at radius 1 is 1.13 bits per heavy atom. The molecule has 1 saturated heterocycles. The van der Waals surface area contributed by atoms with E-state index in [1.807, 2.05) is 4.98 Å². The number of rotatable bonds is 13. The van der Waals surface area contributed by atoms with Crippen LogP contribution in [0.3, 0.4) is 0 Å². The van der Waals surface area contributed by atoms with Crippen LogP contribution in [0.5, 0.6) is 0 Å². The first-order chi connectivity index (χ1) is 17.8. The highest BCUT2D eigenvalue weighted by Gasteiger charge is 2.51. The second kappa shape index (κ2) is 13.8. The van der Waals surface area contributed by atoms with Gasteiger partial charge in [0.15, 0.2) is 0 Å². The number of H-pyrrole nitrogens is 1. The molecule has 0 bridgehead atoms. The Kier molecular flexibility index (Phi) is 11.4. The van der Waals surface area contributed by atoms with E-state index in [9.17, 15) is 33.2 Å². The molecule has 1 aromatic rings. The first-order valence-corrected chi connectivity index (χ1v) is 12.7. The fourth-order valence-electron chi connectivity index (χ4n) is 2.95. The first-order valence-electron chi connectivity index (χ1n) is 11.2. The van der Waals surface area contributed by atoms with Crippen molar-refractivity contribution in [3.05, 3.63) is 33.1 Å². The molecule has 1 aliphatic rings. The zero-order valence-electron chi connectivity index (χ0n) is 21.0. The predicted molar refractivity (Wildman–Crippen MR) is 122 cm³/mol. The van der Waals surface area contributed by atoms with Gasteiger partial charge in [-0.25, -0.2) is 32.4 Å². The summed E-state index contributed by atoms with van der Waals surface area (Å²) in [5.74, 6) is 0. The van der Waals surface area contributed by atoms with Crippen LogP contribution in [-0.4, -0.2) is 77.7 Å². The summed E-state index contributed by atoms with van der Waals surface area (Å²) in [4.78, 5) is 48.4. The standard InChI is InChI=1S/C20H30FN2O14P/c1-12(2)35-18(27)30-10-33-38(29,34-11-31-19(28)36-13(3)4)32-9-20(8-21)14(24)7-16(37-20)23-6-5-15(25)22-17(23)26/h5-6,12-14,16,24H,7-11H2,1-4H3,(H,22,25,26)/t14-,16+,20+/m0/s1. The molecule has 1 fully saturated rings. The minimum absolute atomic E-state index is 0.306. The number of aromatic nitrogens is 2. The molecular formula is C20H30FN2O14P. The lowest BCUT2D eigenvalue weighted by Crippen LogP contribution is -2.46. The Morgan fingerprint density at radius 2 is 1.68 bits per heavy atom. The van der Waals surface area contributed by atoms with Crippen LogP contribution in [0.2, 0.25) is 0 Å². The number of nitrogens with zero attached hydrogens (tertiary/aromatic N) is 1. The SMILES string of the molecule is CC(C)OC(=O)OCOP(=O)(OCOC(=O)OC(C)C)OC[C@@]1(CF)O[C@@H](n2ccc(=O)[nH]c2=O)C[C@@H]1O. The Hall–Kier alpha value is -2.82. The van der Waals surface area contributed by atoms with E-state index >= 15 is 0 Å². The number of hydrogen-bond donors (Lipinski definition) is 2. The van der Waals surface area contributed by atoms with E-state index in [-0.39, 0.29) is 6.42 Å². The molecule has 3 atom stereocenters. The monoisotopic (exact) mass is 572 g/mol. The molecule has 0 aromatic carbocycles. The lowest BCUT2D eigenvalue weighted by Gasteiger charge is -2.30. The van der Waals surface area contributed by atoms with Gasteiger partial charge in [-0.2, -0.15) is 0 Å². The molecule has 2 N–H and O–H groups in total. The van der Waals surface area contributed by atoms with Crippen LogP contribution in [0.1, 0.15) is 40.3 Å². The van der Waals surface area contributed by atoms with Gasteiger partial charge in [0.05, 0.1) is 24.9 Å². The summed E-state index contributed by atoms with van der Waals surface area (Å²) in [5, 5.41) is 10.5. The van der Waals surface area contributed by atoms with Crippen molar-refractivity contribution in [3.63, 3.8) is 0 Å². The second-order valence-electron chi connectivity index (χ2n) is 8.38. The van der Waals surface area contributed by atoms with E-state index in [4.69, 9.17) is 27.8 Å². The number of aromatic amines is 1. The number of nitrogens with one attached hydrogen (secondary N) is 1. The van der Waals surface area contributed by atoms with Crippen LogP contribution in [0.4, 0.5) is 14.0 Å². The number of ether oxygens (including phenoxy) is 5. The molecule has 18 heteroatoms. The van der Waals surface area contributed by atoms with Crippen LogP contribution < -0.4 is 11.2 Å². The molecule has 2 heterocycles. The lowest BCUT2D eigenvalue weighted by molar-refractivity contribution is -0.140. The molecule has 38 heavy (non-hydrogen) atoms. The van der Waals surface area contributed by atoms with E-state index in [0.717, 1.165) is 16.8 Å². The number of carbonyl (C=O) groups excluding carboxylic acids is 2. The number of hydrogen-bond acceptors (Lipinski definition) is 14. The van der Waals surface area contributed by atoms with Gasteiger partial charge in [-0.3, -0.25) is 18.9 Å². The van der Waals surface area contributed by atoms with E-state index in [1.165, 1.54) is 0 Å². The van der Waals surface area contributed by atoms with Crippen LogP contribution in [0.25, 0.3) is 0 Å². The first kappa shape index (κ1) is 31.4. The van der Waals surface area contributed by atoms with Crippen molar-refractivity contribution in [1.82, 2.24) is 9.55 Å². The summed E-state index contributed by atoms with van der Waals surface area (Å²) >= 11 is 0. The molecule has 0 amide bonds. The Morgan fingerprint density at radius 3 is 2.16 bits per heavy atom. The molecule has 216 valence electrons. The molecule has 2 rings (SSSR count). The maximum absolute atomic E-state index is 14.1. The van der Waals surface area contributed by atoms with Crippen LogP contribution in [0, 0.1) is 0 Å². The van der Waals surface area contributed by atoms with Gasteiger partial charge in [0, 0.05) is 18.7 Å². The van der Waals surface area contributed by atoms with Crippen LogP contribution in [0.15, 0.2) is 21.9 Å².